The highest BCUT2D eigenvalue weighted by molar-refractivity contribution is 5.79. The lowest BCUT2D eigenvalue weighted by Gasteiger charge is -2.27. The number of nitrogens with two attached hydrogens (primary N) is 3. The zero-order valence-electron chi connectivity index (χ0n) is 6.58. The maximum Gasteiger partial charge on any atom is 0.325 e. The standard InChI is InChI=1S/C6H15N3O2/c1-4(8)6(9,2-3-7)5(10)11/h4H,2-3,7-9H2,1H3,(H,10,11). The highest BCUT2D eigenvalue weighted by Crippen LogP contribution is 2.09. The third-order valence-electron chi connectivity index (χ3n) is 1.77. The largest absolute Gasteiger partial charge is 0.480 e. The van der Waals surface area contributed by atoms with Crippen LogP contribution in [0.25, 0.3) is 0 Å². The molecule has 0 bridgehead atoms. The number of carboxylic acid groups (broad SMARTS) is 1. The molecule has 0 spiro atoms. The van der Waals surface area contributed by atoms with E-state index < -0.39 is 17.6 Å². The van der Waals surface area contributed by atoms with Crippen molar-refractivity contribution >= 4 is 5.97 Å². The number of aliphatic carboxylic acids is 1. The molecule has 2 atom stereocenters. The Labute approximate surface area is 65.5 Å². The van der Waals surface area contributed by atoms with Gasteiger partial charge in [-0.1, -0.05) is 0 Å². The fraction of sp³-hybridized carbons (Fsp3) is 0.833. The normalized spacial score (nSPS) is 18.9. The molecule has 0 radical (unpaired) electrons. The Morgan fingerprint density at radius 3 is 2.27 bits per heavy atom. The minimum Gasteiger partial charge on any atom is -0.480 e. The van der Waals surface area contributed by atoms with Crippen LogP contribution in [0.1, 0.15) is 13.3 Å². The van der Waals surface area contributed by atoms with Gasteiger partial charge in [-0.05, 0) is 19.9 Å². The van der Waals surface area contributed by atoms with E-state index in [0.717, 1.165) is 0 Å². The van der Waals surface area contributed by atoms with Crippen LogP contribution in [-0.4, -0.2) is 29.2 Å². The Kier molecular flexibility index (Phi) is 3.44. The summed E-state index contributed by atoms with van der Waals surface area (Å²) in [5.74, 6) is -1.10. The zero-order valence-corrected chi connectivity index (χ0v) is 6.58. The van der Waals surface area contributed by atoms with Crippen molar-refractivity contribution in [3.8, 4) is 0 Å². The van der Waals surface area contributed by atoms with E-state index >= 15 is 0 Å². The molecule has 7 N–H and O–H groups in total. The van der Waals surface area contributed by atoms with Crippen molar-refractivity contribution in [1.82, 2.24) is 0 Å². The van der Waals surface area contributed by atoms with Crippen LogP contribution in [0.15, 0.2) is 0 Å². The number of hydrogen-bond donors (Lipinski definition) is 4. The van der Waals surface area contributed by atoms with E-state index in [1.807, 2.05) is 0 Å². The van der Waals surface area contributed by atoms with Crippen LogP contribution in [0.2, 0.25) is 0 Å². The van der Waals surface area contributed by atoms with Crippen LogP contribution in [-0.2, 0) is 4.79 Å². The lowest BCUT2D eigenvalue weighted by molar-refractivity contribution is -0.144. The molecule has 2 unspecified atom stereocenters. The minimum atomic E-state index is -1.38. The summed E-state index contributed by atoms with van der Waals surface area (Å²) >= 11 is 0. The van der Waals surface area contributed by atoms with Crippen LogP contribution in [0.5, 0.6) is 0 Å². The van der Waals surface area contributed by atoms with Gasteiger partial charge in [-0.25, -0.2) is 0 Å². The molecular formula is C6H15N3O2. The second-order valence-electron chi connectivity index (χ2n) is 2.67. The monoisotopic (exact) mass is 161 g/mol. The minimum absolute atomic E-state index is 0.194. The second-order valence-corrected chi connectivity index (χ2v) is 2.67. The van der Waals surface area contributed by atoms with Crippen molar-refractivity contribution in [2.75, 3.05) is 6.54 Å². The topological polar surface area (TPSA) is 115 Å². The van der Waals surface area contributed by atoms with Gasteiger partial charge < -0.3 is 22.3 Å². The van der Waals surface area contributed by atoms with Gasteiger partial charge in [-0.15, -0.1) is 0 Å². The van der Waals surface area contributed by atoms with Crippen LogP contribution in [0, 0.1) is 0 Å². The van der Waals surface area contributed by atoms with Gasteiger partial charge in [-0.2, -0.15) is 0 Å². The smallest absolute Gasteiger partial charge is 0.325 e. The molecule has 5 heteroatoms. The molecule has 11 heavy (non-hydrogen) atoms. The molecule has 0 aliphatic rings. The quantitative estimate of drug-likeness (QED) is 0.399. The Morgan fingerprint density at radius 1 is 1.73 bits per heavy atom. The maximum atomic E-state index is 10.6. The lowest BCUT2D eigenvalue weighted by atomic mass is 9.89. The summed E-state index contributed by atoms with van der Waals surface area (Å²) in [6.45, 7) is 1.79. The molecule has 66 valence electrons. The molecule has 5 nitrogen and oxygen atoms in total. The Hall–Kier alpha value is -0.650. The van der Waals surface area contributed by atoms with Gasteiger partial charge in [-0.3, -0.25) is 4.79 Å². The van der Waals surface area contributed by atoms with Gasteiger partial charge in [0.2, 0.25) is 0 Å². The van der Waals surface area contributed by atoms with Gasteiger partial charge in [0, 0.05) is 6.04 Å². The summed E-state index contributed by atoms with van der Waals surface area (Å²) < 4.78 is 0. The van der Waals surface area contributed by atoms with Crippen molar-refractivity contribution in [1.29, 1.82) is 0 Å². The van der Waals surface area contributed by atoms with E-state index in [9.17, 15) is 4.79 Å². The van der Waals surface area contributed by atoms with Crippen LogP contribution < -0.4 is 17.2 Å². The van der Waals surface area contributed by atoms with E-state index in [4.69, 9.17) is 22.3 Å². The zero-order chi connectivity index (χ0) is 9.07. The molecule has 0 saturated heterocycles. The summed E-state index contributed by atoms with van der Waals surface area (Å²) in [5.41, 5.74) is 14.7. The molecule has 0 rings (SSSR count). The van der Waals surface area contributed by atoms with Gasteiger partial charge in [0.25, 0.3) is 0 Å². The fourth-order valence-corrected chi connectivity index (χ4v) is 0.768. The average Bonchev–Trinajstić information content (AvgIpc) is 1.87. The molecule has 0 aromatic heterocycles. The predicted octanol–water partition coefficient (Wildman–Crippen LogP) is -1.54. The first-order valence-corrected chi connectivity index (χ1v) is 3.43. The summed E-state index contributed by atoms with van der Waals surface area (Å²) in [7, 11) is 0. The second kappa shape index (κ2) is 3.66. The SMILES string of the molecule is CC(N)C(N)(CCN)C(=O)O. The predicted molar refractivity (Wildman–Crippen MR) is 41.9 cm³/mol. The summed E-state index contributed by atoms with van der Waals surface area (Å²) in [4.78, 5) is 10.6. The van der Waals surface area contributed by atoms with Gasteiger partial charge in [0.15, 0.2) is 0 Å². The van der Waals surface area contributed by atoms with Gasteiger partial charge in [0.1, 0.15) is 5.54 Å². The third-order valence-corrected chi connectivity index (χ3v) is 1.77. The van der Waals surface area contributed by atoms with Crippen molar-refractivity contribution in [2.24, 2.45) is 17.2 Å². The number of rotatable bonds is 4. The molecule has 0 aromatic carbocycles. The molecule has 0 fully saturated rings. The van der Waals surface area contributed by atoms with Crippen molar-refractivity contribution in [3.05, 3.63) is 0 Å². The Morgan fingerprint density at radius 2 is 2.18 bits per heavy atom. The highest BCUT2D eigenvalue weighted by Gasteiger charge is 2.36. The Bertz CT molecular complexity index is 149. The highest BCUT2D eigenvalue weighted by atomic mass is 16.4. The van der Waals surface area contributed by atoms with E-state index in [1.165, 1.54) is 0 Å². The lowest BCUT2D eigenvalue weighted by Crippen LogP contribution is -2.60. The molecular weight excluding hydrogens is 146 g/mol. The molecule has 0 aromatic rings. The summed E-state index contributed by atoms with van der Waals surface area (Å²) in [6, 6.07) is -0.594. The van der Waals surface area contributed by atoms with Gasteiger partial charge in [0.05, 0.1) is 0 Å². The Balaban J connectivity index is 4.38. The molecule has 0 aliphatic carbocycles. The van der Waals surface area contributed by atoms with Crippen molar-refractivity contribution in [2.45, 2.75) is 24.9 Å². The van der Waals surface area contributed by atoms with Crippen LogP contribution in [0.4, 0.5) is 0 Å². The molecule has 0 saturated carbocycles. The van der Waals surface area contributed by atoms with Crippen molar-refractivity contribution < 1.29 is 9.90 Å². The van der Waals surface area contributed by atoms with E-state index in [2.05, 4.69) is 0 Å². The number of carbonyl (C=O) groups is 1. The summed E-state index contributed by atoms with van der Waals surface area (Å²) in [5, 5.41) is 8.67. The molecule has 0 amide bonds. The molecule has 0 aliphatic heterocycles. The van der Waals surface area contributed by atoms with Crippen LogP contribution in [0.3, 0.4) is 0 Å². The number of carboxylic acids is 1. The first-order chi connectivity index (χ1) is 4.95. The fourth-order valence-electron chi connectivity index (χ4n) is 0.768. The molecule has 0 heterocycles. The number of hydrogen-bond acceptors (Lipinski definition) is 4. The van der Waals surface area contributed by atoms with Crippen LogP contribution >= 0.6 is 0 Å². The third kappa shape index (κ3) is 2.14. The summed E-state index contributed by atoms with van der Waals surface area (Å²) in [6.07, 6.45) is 0.194. The van der Waals surface area contributed by atoms with Crippen molar-refractivity contribution in [3.63, 3.8) is 0 Å². The van der Waals surface area contributed by atoms with Gasteiger partial charge >= 0.3 is 5.97 Å². The first-order valence-electron chi connectivity index (χ1n) is 3.43. The maximum absolute atomic E-state index is 10.6. The average molecular weight is 161 g/mol. The van der Waals surface area contributed by atoms with E-state index in [-0.39, 0.29) is 13.0 Å². The van der Waals surface area contributed by atoms with E-state index in [1.54, 1.807) is 6.92 Å². The van der Waals surface area contributed by atoms with E-state index in [0.29, 0.717) is 0 Å². The first kappa shape index (κ1) is 10.3.